The minimum absolute atomic E-state index is 0.0568. The number of carboxylic acid groups (broad SMARTS) is 1. The van der Waals surface area contributed by atoms with Crippen LogP contribution in [0.4, 0.5) is 18.3 Å². The second-order valence-corrected chi connectivity index (χ2v) is 10.6. The topological polar surface area (TPSA) is 130 Å². The van der Waals surface area contributed by atoms with E-state index in [0.29, 0.717) is 17.0 Å². The molecule has 0 atom stereocenters. The van der Waals surface area contributed by atoms with Gasteiger partial charge in [0.05, 0.1) is 16.9 Å². The maximum absolute atomic E-state index is 13.1. The summed E-state index contributed by atoms with van der Waals surface area (Å²) in [6.07, 6.45) is -3.54. The van der Waals surface area contributed by atoms with E-state index in [2.05, 4.69) is 14.9 Å². The second kappa shape index (κ2) is 11.8. The average molecular weight is 557 g/mol. The zero-order valence-electron chi connectivity index (χ0n) is 19.5. The fourth-order valence-electron chi connectivity index (χ4n) is 3.17. The molecular weight excluding hydrogens is 533 g/mol. The van der Waals surface area contributed by atoms with Gasteiger partial charge in [-0.25, -0.2) is 13.1 Å². The molecule has 3 rings (SSSR count). The molecule has 0 aliphatic carbocycles. The zero-order valence-corrected chi connectivity index (χ0v) is 21.2. The first-order chi connectivity index (χ1) is 17.4. The van der Waals surface area contributed by atoms with Crippen LogP contribution in [-0.4, -0.2) is 48.7 Å². The average Bonchev–Trinajstić information content (AvgIpc) is 3.33. The number of rotatable bonds is 11. The van der Waals surface area contributed by atoms with Gasteiger partial charge in [0.1, 0.15) is 5.01 Å². The molecule has 0 spiro atoms. The van der Waals surface area contributed by atoms with Gasteiger partial charge in [0.2, 0.25) is 15.2 Å². The third-order valence-corrected chi connectivity index (χ3v) is 7.56. The third kappa shape index (κ3) is 7.33. The van der Waals surface area contributed by atoms with Crippen molar-refractivity contribution < 1.29 is 36.3 Å². The molecule has 0 aliphatic rings. The maximum atomic E-state index is 13.1. The van der Waals surface area contributed by atoms with Crippen molar-refractivity contribution in [2.45, 2.75) is 37.3 Å². The number of sulfonamides is 1. The highest BCUT2D eigenvalue weighted by Gasteiger charge is 2.31. The van der Waals surface area contributed by atoms with Crippen molar-refractivity contribution in [1.82, 2.24) is 14.9 Å². The number of carboxylic acids is 1. The molecule has 1 aromatic heterocycles. The summed E-state index contributed by atoms with van der Waals surface area (Å²) >= 11 is 1.03. The van der Waals surface area contributed by atoms with Crippen LogP contribution < -0.4 is 9.62 Å². The van der Waals surface area contributed by atoms with Gasteiger partial charge in [0, 0.05) is 24.2 Å². The normalized spacial score (nSPS) is 11.9. The number of halogens is 3. The Morgan fingerprint density at radius 2 is 1.81 bits per heavy atom. The summed E-state index contributed by atoms with van der Waals surface area (Å²) in [5.74, 6) is -1.68. The molecule has 1 amide bonds. The number of hydrogen-bond acceptors (Lipinski definition) is 7. The molecule has 2 aromatic carbocycles. The van der Waals surface area contributed by atoms with E-state index >= 15 is 0 Å². The van der Waals surface area contributed by atoms with Gasteiger partial charge in [-0.1, -0.05) is 36.8 Å². The van der Waals surface area contributed by atoms with E-state index in [1.165, 1.54) is 23.1 Å². The van der Waals surface area contributed by atoms with Gasteiger partial charge < -0.3 is 5.11 Å². The number of unbranched alkanes of at least 4 members (excludes halogenated alkanes) is 1. The molecule has 0 radical (unpaired) electrons. The van der Waals surface area contributed by atoms with Crippen molar-refractivity contribution in [2.24, 2.45) is 0 Å². The van der Waals surface area contributed by atoms with E-state index in [9.17, 15) is 31.2 Å². The number of carbonyl (C=O) groups is 2. The van der Waals surface area contributed by atoms with Crippen molar-refractivity contribution in [1.29, 1.82) is 0 Å². The molecule has 0 saturated heterocycles. The Balaban J connectivity index is 1.86. The number of aliphatic carboxylic acids is 1. The lowest BCUT2D eigenvalue weighted by molar-refractivity contribution is -0.138. The number of aromatic nitrogens is 2. The smallest absolute Gasteiger partial charge is 0.416 e. The van der Waals surface area contributed by atoms with Gasteiger partial charge in [0.15, 0.2) is 0 Å². The van der Waals surface area contributed by atoms with Gasteiger partial charge in [0.25, 0.3) is 5.91 Å². The summed E-state index contributed by atoms with van der Waals surface area (Å²) in [5.41, 5.74) is -0.404. The summed E-state index contributed by atoms with van der Waals surface area (Å²) in [4.78, 5) is 25.0. The number of carbonyl (C=O) groups excluding carboxylic acids is 1. The number of benzene rings is 2. The minimum Gasteiger partial charge on any atom is -0.481 e. The van der Waals surface area contributed by atoms with Crippen LogP contribution in [0.25, 0.3) is 10.6 Å². The number of alkyl halides is 3. The molecular formula is C23H23F3N4O5S2. The van der Waals surface area contributed by atoms with Gasteiger partial charge >= 0.3 is 12.1 Å². The zero-order chi connectivity index (χ0) is 27.2. The van der Waals surface area contributed by atoms with E-state index < -0.39 is 33.6 Å². The van der Waals surface area contributed by atoms with Gasteiger partial charge in [-0.15, -0.1) is 10.2 Å². The Kier molecular flexibility index (Phi) is 8.99. The highest BCUT2D eigenvalue weighted by molar-refractivity contribution is 7.89. The van der Waals surface area contributed by atoms with Crippen LogP contribution in [0.5, 0.6) is 0 Å². The fraction of sp³-hybridized carbons (Fsp3) is 0.304. The summed E-state index contributed by atoms with van der Waals surface area (Å²) in [6, 6.07) is 9.69. The number of anilines is 1. The molecule has 0 aliphatic heterocycles. The van der Waals surface area contributed by atoms with E-state index in [0.717, 1.165) is 42.0 Å². The molecule has 0 unspecified atom stereocenters. The molecule has 3 aromatic rings. The summed E-state index contributed by atoms with van der Waals surface area (Å²) in [6.45, 7) is 1.90. The van der Waals surface area contributed by atoms with Gasteiger partial charge in [-0.2, -0.15) is 13.2 Å². The number of hydrogen-bond donors (Lipinski definition) is 2. The molecule has 37 heavy (non-hydrogen) atoms. The van der Waals surface area contributed by atoms with Gasteiger partial charge in [-0.05, 0) is 42.8 Å². The Morgan fingerprint density at radius 3 is 2.43 bits per heavy atom. The van der Waals surface area contributed by atoms with E-state index in [1.54, 1.807) is 6.07 Å². The quantitative estimate of drug-likeness (QED) is 0.358. The summed E-state index contributed by atoms with van der Waals surface area (Å²) in [7, 11) is -3.97. The van der Waals surface area contributed by atoms with Crippen LogP contribution in [0.1, 0.15) is 42.1 Å². The van der Waals surface area contributed by atoms with Crippen molar-refractivity contribution in [3.8, 4) is 10.6 Å². The lowest BCUT2D eigenvalue weighted by Gasteiger charge is -2.19. The Morgan fingerprint density at radius 1 is 1.11 bits per heavy atom. The van der Waals surface area contributed by atoms with Crippen LogP contribution in [-0.2, 0) is 21.0 Å². The highest BCUT2D eigenvalue weighted by atomic mass is 32.2. The molecule has 1 heterocycles. The first kappa shape index (κ1) is 28.2. The highest BCUT2D eigenvalue weighted by Crippen LogP contribution is 2.32. The lowest BCUT2D eigenvalue weighted by atomic mass is 10.1. The largest absolute Gasteiger partial charge is 0.481 e. The molecule has 198 valence electrons. The summed E-state index contributed by atoms with van der Waals surface area (Å²) < 4.78 is 65.9. The monoisotopic (exact) mass is 556 g/mol. The second-order valence-electron chi connectivity index (χ2n) is 7.84. The Labute approximate surface area is 215 Å². The number of nitrogens with one attached hydrogen (secondary N) is 1. The third-order valence-electron chi connectivity index (χ3n) is 5.11. The molecule has 14 heteroatoms. The van der Waals surface area contributed by atoms with E-state index in [1.807, 2.05) is 6.92 Å². The van der Waals surface area contributed by atoms with Crippen LogP contribution in [0, 0.1) is 0 Å². The van der Waals surface area contributed by atoms with Crippen LogP contribution in [0.15, 0.2) is 53.4 Å². The van der Waals surface area contributed by atoms with Crippen molar-refractivity contribution >= 4 is 38.4 Å². The standard InChI is InChI=1S/C23H23F3N4O5S2/c1-2-3-13-30(21(33)15-7-9-17(10-8-15)23(24,25)26)22-29-28-20(36-22)16-5-4-6-18(14-16)37(34,35)27-12-11-19(31)32/h4-10,14,27H,2-3,11-13H2,1H3,(H,31,32). The van der Waals surface area contributed by atoms with Gasteiger partial charge in [-0.3, -0.25) is 14.5 Å². The number of amides is 1. The predicted octanol–water partition coefficient (Wildman–Crippen LogP) is 4.42. The van der Waals surface area contributed by atoms with Crippen molar-refractivity contribution in [3.05, 3.63) is 59.7 Å². The predicted molar refractivity (Wildman–Crippen MR) is 131 cm³/mol. The summed E-state index contributed by atoms with van der Waals surface area (Å²) in [5, 5.41) is 17.4. The van der Waals surface area contributed by atoms with Crippen LogP contribution in [0.2, 0.25) is 0 Å². The molecule has 9 nitrogen and oxygen atoms in total. The lowest BCUT2D eigenvalue weighted by Crippen LogP contribution is -2.32. The Hall–Kier alpha value is -3.36. The van der Waals surface area contributed by atoms with E-state index in [4.69, 9.17) is 5.11 Å². The first-order valence-corrected chi connectivity index (χ1v) is 13.4. The van der Waals surface area contributed by atoms with Crippen molar-refractivity contribution in [3.63, 3.8) is 0 Å². The molecule has 0 saturated carbocycles. The Bertz CT molecular complexity index is 1360. The van der Waals surface area contributed by atoms with Crippen molar-refractivity contribution in [2.75, 3.05) is 18.0 Å². The molecule has 0 bridgehead atoms. The van der Waals surface area contributed by atoms with Crippen LogP contribution >= 0.6 is 11.3 Å². The minimum atomic E-state index is -4.52. The molecule has 2 N–H and O–H groups in total. The maximum Gasteiger partial charge on any atom is 0.416 e. The number of nitrogens with zero attached hydrogens (tertiary/aromatic N) is 3. The SMILES string of the molecule is CCCCN(C(=O)c1ccc(C(F)(F)F)cc1)c1nnc(-c2cccc(S(=O)(=O)NCCC(=O)O)c2)s1. The fourth-order valence-corrected chi connectivity index (χ4v) is 5.11. The first-order valence-electron chi connectivity index (χ1n) is 11.1. The van der Waals surface area contributed by atoms with E-state index in [-0.39, 0.29) is 35.1 Å². The molecule has 0 fully saturated rings. The van der Waals surface area contributed by atoms with Crippen LogP contribution in [0.3, 0.4) is 0 Å².